The number of nitrogens with one attached hydrogen (secondary N) is 1. The van der Waals surface area contributed by atoms with Crippen molar-refractivity contribution in [3.8, 4) is 5.75 Å². The maximum Gasteiger partial charge on any atom is 0.163 e. The Morgan fingerprint density at radius 3 is 2.42 bits per heavy atom. The number of likely N-dealkylation sites (tertiary alicyclic amines) is 1. The number of anilines is 3. The zero-order chi connectivity index (χ0) is 32.6. The number of nitrogens with two attached hydrogens (primary N) is 1. The van der Waals surface area contributed by atoms with Crippen molar-refractivity contribution in [2.75, 3.05) is 29.0 Å². The Hall–Kier alpha value is -4.25. The van der Waals surface area contributed by atoms with Gasteiger partial charge in [-0.2, -0.15) is 0 Å². The summed E-state index contributed by atoms with van der Waals surface area (Å²) in [5, 5.41) is 3.69. The van der Waals surface area contributed by atoms with Gasteiger partial charge in [0.05, 0.1) is 27.6 Å². The minimum absolute atomic E-state index is 0.0763. The largest absolute Gasteiger partial charge is 0.487 e. The van der Waals surface area contributed by atoms with Gasteiger partial charge in [0.2, 0.25) is 0 Å². The van der Waals surface area contributed by atoms with Crippen LogP contribution in [0, 0.1) is 9.02 Å². The monoisotopic (exact) mass is 673 g/mol. The fourth-order valence-corrected chi connectivity index (χ4v) is 7.77. The molecule has 0 radical (unpaired) electrons. The lowest BCUT2D eigenvalue weighted by Gasteiger charge is -2.34. The third kappa shape index (κ3) is 6.08. The van der Waals surface area contributed by atoms with Crippen molar-refractivity contribution in [2.24, 2.45) is 9.98 Å². The molecule has 4 aliphatic rings. The molecule has 1 aromatic heterocycles. The molecule has 3 aromatic carbocycles. The Labute approximate surface area is 291 Å². The first-order valence-electron chi connectivity index (χ1n) is 17.0. The Bertz CT molecular complexity index is 1970. The molecule has 1 saturated heterocycles. The van der Waals surface area contributed by atoms with Crippen LogP contribution in [0.3, 0.4) is 0 Å². The lowest BCUT2D eigenvalue weighted by Crippen LogP contribution is -2.39. The number of hydrogen-bond acceptors (Lipinski definition) is 10. The van der Waals surface area contributed by atoms with Crippen molar-refractivity contribution in [3.63, 3.8) is 0 Å². The second-order valence-corrected chi connectivity index (χ2v) is 14.0. The molecule has 3 aliphatic heterocycles. The summed E-state index contributed by atoms with van der Waals surface area (Å²) in [6.07, 6.45) is 11.7. The predicted molar refractivity (Wildman–Crippen MR) is 200 cm³/mol. The van der Waals surface area contributed by atoms with Gasteiger partial charge in [0.25, 0.3) is 0 Å². The van der Waals surface area contributed by atoms with Crippen LogP contribution in [0.25, 0.3) is 5.70 Å². The number of rotatable bonds is 9. The molecule has 1 unspecified atom stereocenters. The van der Waals surface area contributed by atoms with E-state index in [-0.39, 0.29) is 12.1 Å². The standard InChI is InChI=1S/C38H39N7OS2/c39-36-29(11-6-20-40-36)37-43-31-17-16-30(25-7-2-1-3-8-25)42-38(31)45(37)27-14-12-24(13-15-27)23-44-21-18-26(19-22-44)41-32-33(35(48)34(32)47)46-28-9-4-5-10-28/h1-3,6-8,11-16,20,26,28,31,41H,4-5,9-10,17-19,21-23H2,(H2,39,40). The number of amidine groups is 2. The van der Waals surface area contributed by atoms with E-state index in [0.29, 0.717) is 11.9 Å². The highest BCUT2D eigenvalue weighted by molar-refractivity contribution is 7.74. The number of aromatic nitrogens is 1. The van der Waals surface area contributed by atoms with Gasteiger partial charge in [-0.05, 0) is 80.3 Å². The molecule has 0 bridgehead atoms. The zero-order valence-electron chi connectivity index (χ0n) is 26.8. The number of benzene rings is 2. The maximum absolute atomic E-state index is 6.37. The maximum atomic E-state index is 6.37. The number of pyridine rings is 1. The number of aliphatic imine (C=N–C) groups is 2. The molecule has 244 valence electrons. The SMILES string of the molecule is Nc1ncccc1C1=NC2CC=C(c3ccccc3)N=C2N1c1ccc(CN2CCC(Nc3c(OC4CCCC4)c(=S)c3=S)CC2)cc1. The Kier molecular flexibility index (Phi) is 8.63. The minimum Gasteiger partial charge on any atom is -0.487 e. The average Bonchev–Trinajstić information content (AvgIpc) is 3.79. The third-order valence-corrected chi connectivity index (χ3v) is 10.9. The van der Waals surface area contributed by atoms with Gasteiger partial charge in [-0.3, -0.25) is 14.8 Å². The van der Waals surface area contributed by atoms with Crippen LogP contribution in [0.1, 0.15) is 61.6 Å². The fourth-order valence-electron chi connectivity index (χ4n) is 7.27. The van der Waals surface area contributed by atoms with Gasteiger partial charge in [0.1, 0.15) is 28.0 Å². The van der Waals surface area contributed by atoms with E-state index >= 15 is 0 Å². The van der Waals surface area contributed by atoms with Crippen LogP contribution in [0.4, 0.5) is 17.2 Å². The van der Waals surface area contributed by atoms with E-state index in [2.05, 4.69) is 62.6 Å². The summed E-state index contributed by atoms with van der Waals surface area (Å²) in [6.45, 7) is 2.92. The number of nitrogens with zero attached hydrogens (tertiary/aromatic N) is 5. The smallest absolute Gasteiger partial charge is 0.163 e. The van der Waals surface area contributed by atoms with Crippen molar-refractivity contribution < 1.29 is 4.74 Å². The molecular formula is C38H39N7OS2. The van der Waals surface area contributed by atoms with Crippen molar-refractivity contribution >= 4 is 59.0 Å². The van der Waals surface area contributed by atoms with Gasteiger partial charge in [0, 0.05) is 37.6 Å². The van der Waals surface area contributed by atoms with E-state index in [1.807, 2.05) is 30.3 Å². The summed E-state index contributed by atoms with van der Waals surface area (Å²) < 4.78 is 7.75. The lowest BCUT2D eigenvalue weighted by molar-refractivity contribution is 0.204. The number of hydrogen-bond donors (Lipinski definition) is 2. The normalized spacial score (nSPS) is 20.4. The molecule has 10 heteroatoms. The average molecular weight is 674 g/mol. The minimum atomic E-state index is -0.0763. The molecule has 4 aromatic rings. The molecule has 4 heterocycles. The molecule has 1 aliphatic carbocycles. The highest BCUT2D eigenvalue weighted by atomic mass is 32.1. The topological polar surface area (TPSA) is 91.4 Å². The molecule has 8 nitrogen and oxygen atoms in total. The van der Waals surface area contributed by atoms with Gasteiger partial charge < -0.3 is 15.8 Å². The van der Waals surface area contributed by atoms with Crippen molar-refractivity contribution in [1.29, 1.82) is 0 Å². The lowest BCUT2D eigenvalue weighted by atomic mass is 10.0. The first-order chi connectivity index (χ1) is 23.5. The Morgan fingerprint density at radius 1 is 0.896 bits per heavy atom. The molecule has 48 heavy (non-hydrogen) atoms. The van der Waals surface area contributed by atoms with Crippen LogP contribution in [-0.2, 0) is 6.54 Å². The molecule has 1 atom stereocenters. The molecule has 0 spiro atoms. The molecular weight excluding hydrogens is 635 g/mol. The molecule has 8 rings (SSSR count). The van der Waals surface area contributed by atoms with E-state index in [4.69, 9.17) is 44.9 Å². The number of nitrogen functional groups attached to an aromatic ring is 1. The van der Waals surface area contributed by atoms with Crippen LogP contribution in [-0.4, -0.2) is 52.8 Å². The van der Waals surface area contributed by atoms with E-state index in [1.54, 1.807) is 6.20 Å². The highest BCUT2D eigenvalue weighted by Crippen LogP contribution is 2.39. The summed E-state index contributed by atoms with van der Waals surface area (Å²) in [4.78, 5) is 19.3. The van der Waals surface area contributed by atoms with Crippen molar-refractivity contribution in [1.82, 2.24) is 9.88 Å². The van der Waals surface area contributed by atoms with Gasteiger partial charge in [-0.1, -0.05) is 73.0 Å². The highest BCUT2D eigenvalue weighted by Gasteiger charge is 2.37. The summed E-state index contributed by atoms with van der Waals surface area (Å²) in [5.41, 5.74) is 12.5. The van der Waals surface area contributed by atoms with Crippen LogP contribution >= 0.6 is 24.4 Å². The van der Waals surface area contributed by atoms with Crippen molar-refractivity contribution in [3.05, 3.63) is 105 Å². The summed E-state index contributed by atoms with van der Waals surface area (Å²) in [7, 11) is 0. The van der Waals surface area contributed by atoms with Gasteiger partial charge in [-0.15, -0.1) is 0 Å². The fraction of sp³-hybridized carbons (Fsp3) is 0.342. The van der Waals surface area contributed by atoms with Crippen LogP contribution in [0.5, 0.6) is 5.75 Å². The molecule has 3 N–H and O–H groups in total. The second-order valence-electron chi connectivity index (χ2n) is 13.1. The third-order valence-electron chi connectivity index (χ3n) is 9.93. The molecule has 1 saturated carbocycles. The van der Waals surface area contributed by atoms with Crippen LogP contribution in [0.2, 0.25) is 0 Å². The Morgan fingerprint density at radius 2 is 1.67 bits per heavy atom. The van der Waals surface area contributed by atoms with E-state index in [9.17, 15) is 0 Å². The van der Waals surface area contributed by atoms with Crippen molar-refractivity contribution in [2.45, 2.75) is 69.7 Å². The number of fused-ring (bicyclic) bond motifs is 1. The second kappa shape index (κ2) is 13.3. The predicted octanol–water partition coefficient (Wildman–Crippen LogP) is 7.87. The summed E-state index contributed by atoms with van der Waals surface area (Å²) in [5.74, 6) is 2.99. The number of ether oxygens (including phenoxy) is 1. The quantitative estimate of drug-likeness (QED) is 0.174. The van der Waals surface area contributed by atoms with E-state index in [1.165, 1.54) is 18.4 Å². The van der Waals surface area contributed by atoms with E-state index < -0.39 is 0 Å². The Balaban J connectivity index is 0.952. The summed E-state index contributed by atoms with van der Waals surface area (Å²) in [6, 6.07) is 23.3. The summed E-state index contributed by atoms with van der Waals surface area (Å²) >= 11 is 11.1. The van der Waals surface area contributed by atoms with E-state index in [0.717, 1.165) is 106 Å². The first kappa shape index (κ1) is 31.0. The van der Waals surface area contributed by atoms with Gasteiger partial charge in [0.15, 0.2) is 5.75 Å². The molecule has 2 fully saturated rings. The van der Waals surface area contributed by atoms with Crippen LogP contribution < -0.4 is 20.7 Å². The number of piperidine rings is 1. The van der Waals surface area contributed by atoms with Crippen LogP contribution in [0.15, 0.2) is 89.0 Å². The molecule has 0 amide bonds. The van der Waals surface area contributed by atoms with Gasteiger partial charge >= 0.3 is 0 Å². The zero-order valence-corrected chi connectivity index (χ0v) is 28.5. The van der Waals surface area contributed by atoms with Gasteiger partial charge in [-0.25, -0.2) is 9.98 Å². The first-order valence-corrected chi connectivity index (χ1v) is 17.8.